The van der Waals surface area contributed by atoms with Crippen molar-refractivity contribution in [1.82, 2.24) is 14.5 Å². The third-order valence-electron chi connectivity index (χ3n) is 9.51. The first kappa shape index (κ1) is 27.3. The van der Waals surface area contributed by atoms with Gasteiger partial charge in [0.05, 0.1) is 16.7 Å². The highest BCUT2D eigenvalue weighted by Crippen LogP contribution is 2.51. The summed E-state index contributed by atoms with van der Waals surface area (Å²) in [4.78, 5) is 10.2. The SMILES string of the molecule is CC1(C)c2ccccc2Oc2c(-c3cccc(-c4cn(-c5nc(-c6ccccc6)c6ccccc6n5)c5ccccc45)c3)cccc21. The van der Waals surface area contributed by atoms with Crippen molar-refractivity contribution in [3.8, 4) is 51.0 Å². The molecule has 47 heavy (non-hydrogen) atoms. The zero-order valence-corrected chi connectivity index (χ0v) is 26.2. The minimum absolute atomic E-state index is 0.177. The van der Waals surface area contributed by atoms with Gasteiger partial charge < -0.3 is 4.74 Å². The lowest BCUT2D eigenvalue weighted by molar-refractivity contribution is 0.419. The largest absolute Gasteiger partial charge is 0.456 e. The molecule has 1 aliphatic rings. The summed E-state index contributed by atoms with van der Waals surface area (Å²) in [6, 6.07) is 50.7. The van der Waals surface area contributed by atoms with E-state index >= 15 is 0 Å². The zero-order chi connectivity index (χ0) is 31.5. The number of ether oxygens (including phenoxy) is 1. The molecule has 6 aromatic carbocycles. The molecular formula is C43H31N3O. The fourth-order valence-electron chi connectivity index (χ4n) is 7.11. The monoisotopic (exact) mass is 605 g/mol. The van der Waals surface area contributed by atoms with E-state index in [-0.39, 0.29) is 5.41 Å². The van der Waals surface area contributed by atoms with E-state index < -0.39 is 0 Å². The van der Waals surface area contributed by atoms with Crippen LogP contribution in [0.4, 0.5) is 0 Å². The molecule has 4 nitrogen and oxygen atoms in total. The van der Waals surface area contributed by atoms with Crippen molar-refractivity contribution in [2.24, 2.45) is 0 Å². The zero-order valence-electron chi connectivity index (χ0n) is 26.2. The maximum absolute atomic E-state index is 6.64. The van der Waals surface area contributed by atoms with Gasteiger partial charge in [-0.3, -0.25) is 4.57 Å². The molecule has 0 saturated carbocycles. The highest BCUT2D eigenvalue weighted by Gasteiger charge is 2.35. The number of hydrogen-bond acceptors (Lipinski definition) is 3. The highest BCUT2D eigenvalue weighted by molar-refractivity contribution is 5.98. The second-order valence-corrected chi connectivity index (χ2v) is 12.7. The predicted octanol–water partition coefficient (Wildman–Crippen LogP) is 11.0. The van der Waals surface area contributed by atoms with E-state index in [1.165, 1.54) is 11.1 Å². The summed E-state index contributed by atoms with van der Waals surface area (Å²) in [6.45, 7) is 4.56. The molecule has 4 heteroatoms. The molecule has 9 rings (SSSR count). The lowest BCUT2D eigenvalue weighted by Gasteiger charge is -2.35. The molecule has 0 unspecified atom stereocenters. The van der Waals surface area contributed by atoms with E-state index in [4.69, 9.17) is 14.7 Å². The Morgan fingerprint density at radius 1 is 0.553 bits per heavy atom. The molecule has 8 aromatic rings. The molecule has 0 aliphatic carbocycles. The van der Waals surface area contributed by atoms with Crippen LogP contribution in [0.25, 0.3) is 61.3 Å². The van der Waals surface area contributed by atoms with Gasteiger partial charge in [-0.25, -0.2) is 9.97 Å². The second kappa shape index (κ2) is 10.5. The number of aromatic nitrogens is 3. The summed E-state index contributed by atoms with van der Waals surface area (Å²) >= 11 is 0. The Bertz CT molecular complexity index is 2470. The molecule has 2 aromatic heterocycles. The van der Waals surface area contributed by atoms with Crippen molar-refractivity contribution < 1.29 is 4.74 Å². The minimum Gasteiger partial charge on any atom is -0.456 e. The van der Waals surface area contributed by atoms with Gasteiger partial charge in [0.1, 0.15) is 11.5 Å². The van der Waals surface area contributed by atoms with E-state index in [0.717, 1.165) is 66.8 Å². The van der Waals surface area contributed by atoms with E-state index in [1.807, 2.05) is 24.3 Å². The Morgan fingerprint density at radius 2 is 1.21 bits per heavy atom. The number of para-hydroxylation sites is 4. The van der Waals surface area contributed by atoms with Crippen LogP contribution in [0.2, 0.25) is 0 Å². The fraction of sp³-hybridized carbons (Fsp3) is 0.0698. The summed E-state index contributed by atoms with van der Waals surface area (Å²) in [5.74, 6) is 2.49. The molecule has 1 aliphatic heterocycles. The molecule has 224 valence electrons. The van der Waals surface area contributed by atoms with Crippen LogP contribution < -0.4 is 4.74 Å². The molecule has 0 atom stereocenters. The van der Waals surface area contributed by atoms with Crippen LogP contribution in [0.3, 0.4) is 0 Å². The van der Waals surface area contributed by atoms with E-state index in [0.29, 0.717) is 5.95 Å². The predicted molar refractivity (Wildman–Crippen MR) is 191 cm³/mol. The van der Waals surface area contributed by atoms with Gasteiger partial charge in [0.15, 0.2) is 0 Å². The van der Waals surface area contributed by atoms with Crippen molar-refractivity contribution in [2.75, 3.05) is 0 Å². The van der Waals surface area contributed by atoms with Crippen LogP contribution in [0.1, 0.15) is 25.0 Å². The number of benzene rings is 6. The van der Waals surface area contributed by atoms with Crippen LogP contribution in [0.5, 0.6) is 11.5 Å². The van der Waals surface area contributed by atoms with Crippen molar-refractivity contribution in [3.63, 3.8) is 0 Å². The third-order valence-corrected chi connectivity index (χ3v) is 9.51. The van der Waals surface area contributed by atoms with Crippen LogP contribution >= 0.6 is 0 Å². The summed E-state index contributed by atoms with van der Waals surface area (Å²) in [7, 11) is 0. The van der Waals surface area contributed by atoms with E-state index in [2.05, 4.69) is 146 Å². The van der Waals surface area contributed by atoms with Gasteiger partial charge in [-0.1, -0.05) is 135 Å². The van der Waals surface area contributed by atoms with Crippen molar-refractivity contribution >= 4 is 21.8 Å². The summed E-state index contributed by atoms with van der Waals surface area (Å²) in [6.07, 6.45) is 2.18. The van der Waals surface area contributed by atoms with Gasteiger partial charge in [-0.05, 0) is 35.4 Å². The Morgan fingerprint density at radius 3 is 2.09 bits per heavy atom. The van der Waals surface area contributed by atoms with Gasteiger partial charge >= 0.3 is 0 Å². The first-order chi connectivity index (χ1) is 23.1. The Balaban J connectivity index is 1.20. The molecule has 0 bridgehead atoms. The molecule has 0 N–H and O–H groups in total. The minimum atomic E-state index is -0.177. The lowest BCUT2D eigenvalue weighted by atomic mass is 9.75. The Labute approximate surface area is 273 Å². The number of rotatable bonds is 4. The second-order valence-electron chi connectivity index (χ2n) is 12.7. The topological polar surface area (TPSA) is 39.9 Å². The van der Waals surface area contributed by atoms with E-state index in [9.17, 15) is 0 Å². The van der Waals surface area contributed by atoms with Crippen molar-refractivity contribution in [1.29, 1.82) is 0 Å². The molecule has 0 fully saturated rings. The molecule has 0 amide bonds. The normalized spacial score (nSPS) is 13.2. The van der Waals surface area contributed by atoms with Gasteiger partial charge in [0.2, 0.25) is 5.95 Å². The first-order valence-corrected chi connectivity index (χ1v) is 16.0. The first-order valence-electron chi connectivity index (χ1n) is 16.0. The Kier molecular flexibility index (Phi) is 6.12. The van der Waals surface area contributed by atoms with E-state index in [1.54, 1.807) is 0 Å². The highest BCUT2D eigenvalue weighted by atomic mass is 16.5. The molecule has 3 heterocycles. The quantitative estimate of drug-likeness (QED) is 0.200. The van der Waals surface area contributed by atoms with Gasteiger partial charge in [0, 0.05) is 50.2 Å². The van der Waals surface area contributed by atoms with Crippen LogP contribution in [-0.2, 0) is 5.41 Å². The summed E-state index contributed by atoms with van der Waals surface area (Å²) < 4.78 is 8.77. The Hall–Kier alpha value is -6.00. The lowest BCUT2D eigenvalue weighted by Crippen LogP contribution is -2.24. The molecule has 0 radical (unpaired) electrons. The van der Waals surface area contributed by atoms with Gasteiger partial charge in [-0.15, -0.1) is 0 Å². The van der Waals surface area contributed by atoms with Crippen molar-refractivity contribution in [2.45, 2.75) is 19.3 Å². The summed E-state index contributed by atoms with van der Waals surface area (Å²) in [5.41, 5.74) is 10.6. The third kappa shape index (κ3) is 4.37. The molecular weight excluding hydrogens is 574 g/mol. The maximum atomic E-state index is 6.64. The molecule has 0 spiro atoms. The maximum Gasteiger partial charge on any atom is 0.235 e. The van der Waals surface area contributed by atoms with Gasteiger partial charge in [0.25, 0.3) is 0 Å². The van der Waals surface area contributed by atoms with Crippen LogP contribution in [0, 0.1) is 0 Å². The molecule has 0 saturated heterocycles. The fourth-order valence-corrected chi connectivity index (χ4v) is 7.11. The summed E-state index contributed by atoms with van der Waals surface area (Å²) in [5, 5.41) is 2.18. The van der Waals surface area contributed by atoms with Crippen LogP contribution in [0.15, 0.2) is 152 Å². The van der Waals surface area contributed by atoms with Crippen LogP contribution in [-0.4, -0.2) is 14.5 Å². The smallest absolute Gasteiger partial charge is 0.235 e. The number of fused-ring (bicyclic) bond motifs is 4. The number of nitrogens with zero attached hydrogens (tertiary/aromatic N) is 3. The number of hydrogen-bond donors (Lipinski definition) is 0. The average molecular weight is 606 g/mol. The van der Waals surface area contributed by atoms with Crippen molar-refractivity contribution in [3.05, 3.63) is 163 Å². The van der Waals surface area contributed by atoms with Gasteiger partial charge in [-0.2, -0.15) is 0 Å². The average Bonchev–Trinajstić information content (AvgIpc) is 3.51. The standard InChI is InChI=1S/C43H31N3O/c1-43(2)35-21-8-11-25-39(35)47-41-31(20-13-22-36(41)43)29-16-12-17-30(26-29)34-27-46(38-24-10-7-18-32(34)38)42-44-37-23-9-6-19-33(37)40(45-42)28-14-4-3-5-15-28/h3-27H,1-2H3.